The molecule has 0 radical (unpaired) electrons. The summed E-state index contributed by atoms with van der Waals surface area (Å²) in [5.41, 5.74) is 2.09. The standard InChI is InChI=1S/C18H22N4O3/c1-13-2-4-14(5-3-13)17(23)12-21-9-8-15(11-21)20-18-7-6-16(10-19-18)22(24)25/h2-7,10,15,17,23H,8-9,11-12H2,1H3,(H,19,20)/t15-,17+/m0/s1. The third kappa shape index (κ3) is 4.52. The van der Waals surface area contributed by atoms with Gasteiger partial charge in [0.1, 0.15) is 12.0 Å². The zero-order valence-corrected chi connectivity index (χ0v) is 14.1. The van der Waals surface area contributed by atoms with Gasteiger partial charge in [-0.05, 0) is 25.0 Å². The number of nitrogens with zero attached hydrogens (tertiary/aromatic N) is 3. The number of hydrogen-bond donors (Lipinski definition) is 2. The minimum atomic E-state index is -0.503. The molecule has 7 heteroatoms. The molecule has 1 saturated heterocycles. The number of aliphatic hydroxyl groups excluding tert-OH is 1. The first-order valence-corrected chi connectivity index (χ1v) is 8.35. The average Bonchev–Trinajstić information content (AvgIpc) is 3.02. The van der Waals surface area contributed by atoms with Crippen LogP contribution in [0.15, 0.2) is 42.6 Å². The molecular formula is C18H22N4O3. The van der Waals surface area contributed by atoms with Crippen LogP contribution in [0.1, 0.15) is 23.7 Å². The summed E-state index contributed by atoms with van der Waals surface area (Å²) in [6.07, 6.45) is 1.70. The van der Waals surface area contributed by atoms with Gasteiger partial charge in [0.25, 0.3) is 5.69 Å². The fourth-order valence-corrected chi connectivity index (χ4v) is 3.04. The van der Waals surface area contributed by atoms with Crippen molar-refractivity contribution in [2.75, 3.05) is 25.0 Å². The number of aromatic nitrogens is 1. The van der Waals surface area contributed by atoms with Gasteiger partial charge in [-0.3, -0.25) is 15.0 Å². The van der Waals surface area contributed by atoms with E-state index in [1.54, 1.807) is 6.07 Å². The van der Waals surface area contributed by atoms with E-state index in [0.29, 0.717) is 12.4 Å². The molecule has 1 fully saturated rings. The monoisotopic (exact) mass is 342 g/mol. The maximum atomic E-state index is 10.7. The Morgan fingerprint density at radius 2 is 2.12 bits per heavy atom. The molecular weight excluding hydrogens is 320 g/mol. The van der Waals surface area contributed by atoms with Crippen LogP contribution in [0.3, 0.4) is 0 Å². The van der Waals surface area contributed by atoms with Crippen molar-refractivity contribution < 1.29 is 10.0 Å². The Hall–Kier alpha value is -2.51. The molecule has 2 N–H and O–H groups in total. The van der Waals surface area contributed by atoms with Crippen molar-refractivity contribution in [2.24, 2.45) is 0 Å². The number of benzene rings is 1. The molecule has 3 rings (SSSR count). The predicted molar refractivity (Wildman–Crippen MR) is 95.5 cm³/mol. The Morgan fingerprint density at radius 1 is 1.36 bits per heavy atom. The number of likely N-dealkylation sites (tertiary alicyclic amines) is 1. The van der Waals surface area contributed by atoms with Gasteiger partial charge in [0, 0.05) is 31.7 Å². The second kappa shape index (κ2) is 7.58. The van der Waals surface area contributed by atoms with Crippen molar-refractivity contribution >= 4 is 11.5 Å². The van der Waals surface area contributed by atoms with Crippen molar-refractivity contribution in [2.45, 2.75) is 25.5 Å². The van der Waals surface area contributed by atoms with Crippen molar-refractivity contribution in [3.05, 3.63) is 63.8 Å². The Bertz CT molecular complexity index is 718. The first-order chi connectivity index (χ1) is 12.0. The number of aliphatic hydroxyl groups is 1. The van der Waals surface area contributed by atoms with Crippen LogP contribution in [-0.2, 0) is 0 Å². The minimum Gasteiger partial charge on any atom is -0.387 e. The van der Waals surface area contributed by atoms with Crippen LogP contribution in [0, 0.1) is 17.0 Å². The number of nitrogens with one attached hydrogen (secondary N) is 1. The van der Waals surface area contributed by atoms with Gasteiger partial charge in [0.05, 0.1) is 11.0 Å². The lowest BCUT2D eigenvalue weighted by Crippen LogP contribution is -2.30. The molecule has 0 unspecified atom stereocenters. The summed E-state index contributed by atoms with van der Waals surface area (Å²) in [4.78, 5) is 16.5. The number of β-amino-alcohol motifs (C(OH)–C–C–N with tert-alkyl or cyclic N) is 1. The van der Waals surface area contributed by atoms with E-state index in [-0.39, 0.29) is 11.7 Å². The summed E-state index contributed by atoms with van der Waals surface area (Å²) in [6.45, 7) is 4.32. The molecule has 0 spiro atoms. The van der Waals surface area contributed by atoms with Gasteiger partial charge in [-0.25, -0.2) is 4.98 Å². The van der Waals surface area contributed by atoms with Gasteiger partial charge in [-0.15, -0.1) is 0 Å². The van der Waals surface area contributed by atoms with Gasteiger partial charge in [0.2, 0.25) is 0 Å². The van der Waals surface area contributed by atoms with E-state index < -0.39 is 11.0 Å². The molecule has 0 bridgehead atoms. The highest BCUT2D eigenvalue weighted by Gasteiger charge is 2.24. The number of hydrogen-bond acceptors (Lipinski definition) is 6. The second-order valence-electron chi connectivity index (χ2n) is 6.47. The zero-order chi connectivity index (χ0) is 17.8. The van der Waals surface area contributed by atoms with E-state index in [4.69, 9.17) is 0 Å². The molecule has 0 aliphatic carbocycles. The van der Waals surface area contributed by atoms with Gasteiger partial charge >= 0.3 is 0 Å². The molecule has 1 aliphatic heterocycles. The highest BCUT2D eigenvalue weighted by atomic mass is 16.6. The van der Waals surface area contributed by atoms with E-state index in [1.165, 1.54) is 17.8 Å². The van der Waals surface area contributed by atoms with Crippen molar-refractivity contribution in [3.63, 3.8) is 0 Å². The van der Waals surface area contributed by atoms with Crippen LogP contribution in [0.2, 0.25) is 0 Å². The summed E-state index contributed by atoms with van der Waals surface area (Å²) in [5, 5.41) is 24.3. The largest absolute Gasteiger partial charge is 0.387 e. The Labute approximate surface area is 146 Å². The maximum Gasteiger partial charge on any atom is 0.287 e. The van der Waals surface area contributed by atoms with Crippen molar-refractivity contribution in [1.29, 1.82) is 0 Å². The van der Waals surface area contributed by atoms with E-state index in [1.807, 2.05) is 31.2 Å². The number of pyridine rings is 1. The molecule has 1 aromatic carbocycles. The molecule has 2 atom stereocenters. The Balaban J connectivity index is 1.51. The number of anilines is 1. The first-order valence-electron chi connectivity index (χ1n) is 8.35. The molecule has 0 saturated carbocycles. The second-order valence-corrected chi connectivity index (χ2v) is 6.47. The summed E-state index contributed by atoms with van der Waals surface area (Å²) < 4.78 is 0. The van der Waals surface area contributed by atoms with E-state index >= 15 is 0 Å². The molecule has 7 nitrogen and oxygen atoms in total. The third-order valence-corrected chi connectivity index (χ3v) is 4.48. The summed E-state index contributed by atoms with van der Waals surface area (Å²) in [6, 6.07) is 11.2. The van der Waals surface area contributed by atoms with Crippen LogP contribution < -0.4 is 5.32 Å². The zero-order valence-electron chi connectivity index (χ0n) is 14.1. The summed E-state index contributed by atoms with van der Waals surface area (Å²) in [5.74, 6) is 0.636. The molecule has 1 aliphatic rings. The minimum absolute atomic E-state index is 0.0141. The highest BCUT2D eigenvalue weighted by molar-refractivity contribution is 5.41. The Morgan fingerprint density at radius 3 is 2.76 bits per heavy atom. The Kier molecular flexibility index (Phi) is 5.25. The van der Waals surface area contributed by atoms with Crippen molar-refractivity contribution in [1.82, 2.24) is 9.88 Å². The van der Waals surface area contributed by atoms with Crippen molar-refractivity contribution in [3.8, 4) is 0 Å². The molecule has 2 aromatic rings. The SMILES string of the molecule is Cc1ccc([C@H](O)CN2CC[C@H](Nc3ccc([N+](=O)[O-])cn3)C2)cc1. The molecule has 25 heavy (non-hydrogen) atoms. The van der Waals surface area contributed by atoms with E-state index in [2.05, 4.69) is 15.2 Å². The quantitative estimate of drug-likeness (QED) is 0.619. The lowest BCUT2D eigenvalue weighted by atomic mass is 10.1. The smallest absolute Gasteiger partial charge is 0.287 e. The fourth-order valence-electron chi connectivity index (χ4n) is 3.04. The number of aryl methyl sites for hydroxylation is 1. The normalized spacial score (nSPS) is 18.9. The van der Waals surface area contributed by atoms with E-state index in [0.717, 1.165) is 25.1 Å². The van der Waals surface area contributed by atoms with Crippen LogP contribution >= 0.6 is 0 Å². The first kappa shape index (κ1) is 17.3. The highest BCUT2D eigenvalue weighted by Crippen LogP contribution is 2.20. The number of nitro groups is 1. The lowest BCUT2D eigenvalue weighted by Gasteiger charge is -2.21. The van der Waals surface area contributed by atoms with Gasteiger partial charge < -0.3 is 10.4 Å². The molecule has 2 heterocycles. The lowest BCUT2D eigenvalue weighted by molar-refractivity contribution is -0.385. The topological polar surface area (TPSA) is 91.5 Å². The molecule has 132 valence electrons. The molecule has 0 amide bonds. The molecule has 1 aromatic heterocycles. The van der Waals surface area contributed by atoms with E-state index in [9.17, 15) is 15.2 Å². The summed E-state index contributed by atoms with van der Waals surface area (Å²) >= 11 is 0. The number of rotatable bonds is 6. The fraction of sp³-hybridized carbons (Fsp3) is 0.389. The van der Waals surface area contributed by atoms with Gasteiger partial charge in [0.15, 0.2) is 0 Å². The van der Waals surface area contributed by atoms with Crippen LogP contribution in [-0.4, -0.2) is 45.6 Å². The van der Waals surface area contributed by atoms with Gasteiger partial charge in [-0.1, -0.05) is 29.8 Å². The maximum absolute atomic E-state index is 10.7. The van der Waals surface area contributed by atoms with Crippen LogP contribution in [0.5, 0.6) is 0 Å². The summed E-state index contributed by atoms with van der Waals surface area (Å²) in [7, 11) is 0. The van der Waals surface area contributed by atoms with Gasteiger partial charge in [-0.2, -0.15) is 0 Å². The van der Waals surface area contributed by atoms with Crippen LogP contribution in [0.4, 0.5) is 11.5 Å². The van der Waals surface area contributed by atoms with Crippen LogP contribution in [0.25, 0.3) is 0 Å². The third-order valence-electron chi connectivity index (χ3n) is 4.48. The predicted octanol–water partition coefficient (Wildman–Crippen LogP) is 2.52. The average molecular weight is 342 g/mol.